The maximum atomic E-state index is 10.6. The summed E-state index contributed by atoms with van der Waals surface area (Å²) in [7, 11) is 0. The number of carbonyl (C=O) groups is 1. The number of imidazole rings is 1. The maximum Gasteiger partial charge on any atom is 0.303 e. The Bertz CT molecular complexity index is 1290. The predicted octanol–water partition coefficient (Wildman–Crippen LogP) is 4.22. The maximum absolute atomic E-state index is 10.6. The van der Waals surface area contributed by atoms with Crippen molar-refractivity contribution in [2.24, 2.45) is 0 Å². The highest BCUT2D eigenvalue weighted by Gasteiger charge is 2.18. The first kappa shape index (κ1) is 20.7. The van der Waals surface area contributed by atoms with Crippen LogP contribution in [0.2, 0.25) is 0 Å². The van der Waals surface area contributed by atoms with Crippen LogP contribution in [0.4, 0.5) is 11.5 Å². The molecule has 1 aromatic carbocycles. The monoisotopic (exact) mass is 465 g/mol. The second-order valence-electron chi connectivity index (χ2n) is 7.19. The highest BCUT2D eigenvalue weighted by molar-refractivity contribution is 7.99. The summed E-state index contributed by atoms with van der Waals surface area (Å²) >= 11 is 3.19. The average Bonchev–Trinajstić information content (AvgIpc) is 3.21. The lowest BCUT2D eigenvalue weighted by molar-refractivity contribution is -0.137. The van der Waals surface area contributed by atoms with Gasteiger partial charge in [-0.05, 0) is 36.3 Å². The molecule has 0 spiro atoms. The third kappa shape index (κ3) is 4.39. The molecule has 2 N–H and O–H groups in total. The zero-order valence-corrected chi connectivity index (χ0v) is 18.6. The van der Waals surface area contributed by atoms with Crippen LogP contribution in [0.1, 0.15) is 24.8 Å². The van der Waals surface area contributed by atoms with E-state index in [9.17, 15) is 4.79 Å². The van der Waals surface area contributed by atoms with Crippen LogP contribution in [0, 0.1) is 0 Å². The number of unbranched alkanes of at least 4 members (excludes halogenated alkanes) is 1. The summed E-state index contributed by atoms with van der Waals surface area (Å²) in [5.74, 6) is 0.810. The fraction of sp³-hybridized carbons (Fsp3) is 0.238. The summed E-state index contributed by atoms with van der Waals surface area (Å²) in [5.41, 5.74) is 3.68. The minimum atomic E-state index is -0.758. The van der Waals surface area contributed by atoms with E-state index in [-0.39, 0.29) is 6.42 Å². The second kappa shape index (κ2) is 9.13. The van der Waals surface area contributed by atoms with E-state index in [0.29, 0.717) is 13.0 Å². The van der Waals surface area contributed by atoms with Crippen molar-refractivity contribution >= 4 is 52.2 Å². The minimum Gasteiger partial charge on any atom is -0.481 e. The lowest BCUT2D eigenvalue weighted by Crippen LogP contribution is -2.05. The minimum absolute atomic E-state index is 0.195. The molecule has 32 heavy (non-hydrogen) atoms. The number of nitrogens with zero attached hydrogens (tertiary/aromatic N) is 6. The van der Waals surface area contributed by atoms with Gasteiger partial charge in [0, 0.05) is 23.7 Å². The zero-order chi connectivity index (χ0) is 21.9. The van der Waals surface area contributed by atoms with Gasteiger partial charge < -0.3 is 15.0 Å². The van der Waals surface area contributed by atoms with Gasteiger partial charge in [0.2, 0.25) is 0 Å². The average molecular weight is 466 g/mol. The Morgan fingerprint density at radius 2 is 2.03 bits per heavy atom. The molecule has 3 aromatic heterocycles. The van der Waals surface area contributed by atoms with E-state index in [1.807, 2.05) is 4.57 Å². The largest absolute Gasteiger partial charge is 0.481 e. The van der Waals surface area contributed by atoms with Crippen molar-refractivity contribution < 1.29 is 9.90 Å². The van der Waals surface area contributed by atoms with E-state index in [0.717, 1.165) is 55.4 Å². The molecule has 162 valence electrons. The second-order valence-corrected chi connectivity index (χ2v) is 9.30. The van der Waals surface area contributed by atoms with E-state index in [1.165, 1.54) is 0 Å². The number of thioether (sulfide) groups is 1. The van der Waals surface area contributed by atoms with Crippen molar-refractivity contribution in [1.29, 1.82) is 0 Å². The molecule has 0 bridgehead atoms. The van der Waals surface area contributed by atoms with Gasteiger partial charge in [-0.2, -0.15) is 0 Å². The van der Waals surface area contributed by atoms with Crippen molar-refractivity contribution in [2.45, 2.75) is 40.8 Å². The molecular weight excluding hydrogens is 446 g/mol. The number of benzene rings is 1. The number of aromatic nitrogens is 6. The molecule has 0 fully saturated rings. The summed E-state index contributed by atoms with van der Waals surface area (Å²) in [6, 6.07) is 6.30. The number of hydrogen-bond donors (Lipinski definition) is 2. The summed E-state index contributed by atoms with van der Waals surface area (Å²) < 4.78 is 2.01. The topological polar surface area (TPSA) is 119 Å². The van der Waals surface area contributed by atoms with Crippen molar-refractivity contribution in [3.05, 3.63) is 48.8 Å². The molecular formula is C21H19N7O2S2. The van der Waals surface area contributed by atoms with E-state index >= 15 is 0 Å². The Hall–Kier alpha value is -3.18. The van der Waals surface area contributed by atoms with Crippen LogP contribution in [-0.2, 0) is 11.3 Å². The summed E-state index contributed by atoms with van der Waals surface area (Å²) in [5, 5.41) is 13.8. The third-order valence-corrected chi connectivity index (χ3v) is 7.05. The third-order valence-electron chi connectivity index (χ3n) is 4.91. The lowest BCUT2D eigenvalue weighted by atomic mass is 10.2. The normalized spacial score (nSPS) is 12.2. The molecule has 0 amide bonds. The van der Waals surface area contributed by atoms with Crippen molar-refractivity contribution in [3.8, 4) is 0 Å². The highest BCUT2D eigenvalue weighted by atomic mass is 32.2. The van der Waals surface area contributed by atoms with Crippen LogP contribution in [0.3, 0.4) is 0 Å². The highest BCUT2D eigenvalue weighted by Crippen LogP contribution is 2.42. The number of fused-ring (bicyclic) bond motifs is 3. The number of aliphatic carboxylic acids is 1. The molecule has 1 aliphatic heterocycles. The van der Waals surface area contributed by atoms with E-state index in [2.05, 4.69) is 48.4 Å². The zero-order valence-electron chi connectivity index (χ0n) is 16.9. The standard InChI is InChI=1S/C21H19N7O2S2/c29-16(30)3-1-2-8-31-20-17-19(24-11-25-20)28(12-26-17)10-13-4-5-15-14(9-13)27-18-21(32-15)23-7-6-22-18/h4-7,9,11-12H,1-3,8,10H2,(H,22,27)(H,29,30). The molecule has 0 aliphatic carbocycles. The van der Waals surface area contributed by atoms with Gasteiger partial charge in [-0.1, -0.05) is 17.8 Å². The Labute approximate surface area is 192 Å². The molecule has 0 atom stereocenters. The first-order valence-electron chi connectivity index (χ1n) is 10.1. The molecule has 0 unspecified atom stereocenters. The molecule has 4 aromatic rings. The number of carboxylic acids is 1. The summed E-state index contributed by atoms with van der Waals surface area (Å²) in [6.07, 6.45) is 8.39. The molecule has 11 heteroatoms. The predicted molar refractivity (Wildman–Crippen MR) is 123 cm³/mol. The molecule has 5 rings (SSSR count). The Morgan fingerprint density at radius 3 is 2.94 bits per heavy atom. The van der Waals surface area contributed by atoms with Gasteiger partial charge in [0.25, 0.3) is 0 Å². The number of carboxylic acid groups (broad SMARTS) is 1. The smallest absolute Gasteiger partial charge is 0.303 e. The summed E-state index contributed by atoms with van der Waals surface area (Å²) in [6.45, 7) is 0.628. The summed E-state index contributed by atoms with van der Waals surface area (Å²) in [4.78, 5) is 33.8. The van der Waals surface area contributed by atoms with Crippen LogP contribution in [0.15, 0.2) is 58.2 Å². The molecule has 4 heterocycles. The van der Waals surface area contributed by atoms with Gasteiger partial charge >= 0.3 is 5.97 Å². The molecule has 9 nitrogen and oxygen atoms in total. The van der Waals surface area contributed by atoms with E-state index in [1.54, 1.807) is 48.6 Å². The first-order chi connectivity index (χ1) is 15.7. The quantitative estimate of drug-likeness (QED) is 0.196. The van der Waals surface area contributed by atoms with Gasteiger partial charge in [-0.15, -0.1) is 11.8 Å². The molecule has 0 saturated carbocycles. The van der Waals surface area contributed by atoms with Gasteiger partial charge in [-0.25, -0.2) is 24.9 Å². The van der Waals surface area contributed by atoms with Crippen molar-refractivity contribution in [1.82, 2.24) is 29.5 Å². The Balaban J connectivity index is 1.31. The van der Waals surface area contributed by atoms with Crippen molar-refractivity contribution in [2.75, 3.05) is 11.1 Å². The first-order valence-corrected chi connectivity index (χ1v) is 11.9. The molecule has 0 saturated heterocycles. The SMILES string of the molecule is O=C(O)CCCCSc1ncnc2c1ncn2Cc1ccc2c(c1)Nc1nccnc1S2. The fourth-order valence-corrected chi connectivity index (χ4v) is 5.23. The fourth-order valence-electron chi connectivity index (χ4n) is 3.40. The van der Waals surface area contributed by atoms with Crippen LogP contribution in [0.5, 0.6) is 0 Å². The van der Waals surface area contributed by atoms with E-state index < -0.39 is 5.97 Å². The Kier molecular flexibility index (Phi) is 5.91. The van der Waals surface area contributed by atoms with Crippen LogP contribution >= 0.6 is 23.5 Å². The van der Waals surface area contributed by atoms with Gasteiger partial charge in [0.15, 0.2) is 11.5 Å². The number of rotatable bonds is 8. The number of hydrogen-bond acceptors (Lipinski definition) is 9. The lowest BCUT2D eigenvalue weighted by Gasteiger charge is -2.19. The van der Waals surface area contributed by atoms with Crippen LogP contribution in [-0.4, -0.2) is 46.3 Å². The van der Waals surface area contributed by atoms with Gasteiger partial charge in [-0.3, -0.25) is 4.79 Å². The number of anilines is 2. The van der Waals surface area contributed by atoms with Crippen LogP contribution in [0.25, 0.3) is 11.2 Å². The number of nitrogens with one attached hydrogen (secondary N) is 1. The molecule has 0 radical (unpaired) electrons. The van der Waals surface area contributed by atoms with E-state index in [4.69, 9.17) is 5.11 Å². The van der Waals surface area contributed by atoms with Gasteiger partial charge in [0.1, 0.15) is 21.9 Å². The van der Waals surface area contributed by atoms with Crippen molar-refractivity contribution in [3.63, 3.8) is 0 Å². The Morgan fingerprint density at radius 1 is 1.12 bits per heavy atom. The van der Waals surface area contributed by atoms with Gasteiger partial charge in [0.05, 0.1) is 18.6 Å². The van der Waals surface area contributed by atoms with Crippen LogP contribution < -0.4 is 5.32 Å². The molecule has 1 aliphatic rings.